The molecule has 0 saturated heterocycles. The predicted octanol–water partition coefficient (Wildman–Crippen LogP) is 4.10. The Bertz CT molecular complexity index is 1880. The van der Waals surface area contributed by atoms with E-state index in [1.807, 2.05) is 0 Å². The molecule has 4 aromatic rings. The fourth-order valence-electron chi connectivity index (χ4n) is 3.41. The van der Waals surface area contributed by atoms with E-state index in [4.69, 9.17) is 5.14 Å². The summed E-state index contributed by atoms with van der Waals surface area (Å²) in [5.41, 5.74) is 2.90. The van der Waals surface area contributed by atoms with Crippen LogP contribution in [0.2, 0.25) is 0 Å². The Hall–Kier alpha value is -5.12. The van der Waals surface area contributed by atoms with Crippen LogP contribution in [-0.2, 0) is 20.0 Å². The Morgan fingerprint density at radius 3 is 2.22 bits per heavy atom. The van der Waals surface area contributed by atoms with Gasteiger partial charge in [-0.05, 0) is 48.5 Å². The van der Waals surface area contributed by atoms with Gasteiger partial charge in [0.25, 0.3) is 10.0 Å². The maximum Gasteiger partial charge on any atom is 0.337 e. The molecule has 0 atom stereocenters. The minimum atomic E-state index is -4.25. The van der Waals surface area contributed by atoms with Crippen molar-refractivity contribution >= 4 is 48.9 Å². The largest absolute Gasteiger partial charge is 0.506 e. The Kier molecular flexibility index (Phi) is 8.42. The number of nitrogens with two attached hydrogens (primary N) is 1. The Labute approximate surface area is 234 Å². The number of primary sulfonamides is 1. The lowest BCUT2D eigenvalue weighted by molar-refractivity contribution is 0.0697. The molecule has 0 heterocycles. The maximum absolute atomic E-state index is 13.0. The summed E-state index contributed by atoms with van der Waals surface area (Å²) >= 11 is 0. The number of carboxylic acid groups (broad SMARTS) is 1. The lowest BCUT2D eigenvalue weighted by Gasteiger charge is -2.11. The molecule has 13 nitrogen and oxygen atoms in total. The van der Waals surface area contributed by atoms with Crippen molar-refractivity contribution in [3.05, 3.63) is 108 Å². The number of rotatable bonds is 9. The Morgan fingerprint density at radius 2 is 1.51 bits per heavy atom. The van der Waals surface area contributed by atoms with E-state index >= 15 is 0 Å². The highest BCUT2D eigenvalue weighted by molar-refractivity contribution is 7.92. The molecule has 0 unspecified atom stereocenters. The second-order valence-corrected chi connectivity index (χ2v) is 11.5. The van der Waals surface area contributed by atoms with Gasteiger partial charge < -0.3 is 10.2 Å². The standard InChI is InChI=1S/C26H22N6O7S2/c27-40(36,37)19-10-6-9-18(15-19)32-41(38,39)20-13-14-24(33)23(16-20)29-31-25(17-7-2-1-3-8-17)30-28-22-12-5-4-11-21(22)26(34)35/h1-16,29,32-33H,(H,34,35)(H2,27,36,37)/b30-28?,31-25+. The molecular formula is C26H22N6O7S2. The molecule has 0 fully saturated rings. The first-order valence-corrected chi connectivity index (χ1v) is 14.6. The fourth-order valence-corrected chi connectivity index (χ4v) is 5.05. The number of amidine groups is 1. The van der Waals surface area contributed by atoms with E-state index < -0.39 is 26.0 Å². The van der Waals surface area contributed by atoms with Crippen molar-refractivity contribution in [3.8, 4) is 5.75 Å². The van der Waals surface area contributed by atoms with Gasteiger partial charge in [0, 0.05) is 5.56 Å². The summed E-state index contributed by atoms with van der Waals surface area (Å²) in [6.45, 7) is 0. The van der Waals surface area contributed by atoms with Crippen molar-refractivity contribution in [1.29, 1.82) is 0 Å². The molecule has 41 heavy (non-hydrogen) atoms. The summed E-state index contributed by atoms with van der Waals surface area (Å²) in [5, 5.41) is 37.2. The van der Waals surface area contributed by atoms with Gasteiger partial charge in [-0.2, -0.15) is 5.10 Å². The first kappa shape index (κ1) is 28.9. The smallest absolute Gasteiger partial charge is 0.337 e. The average molecular weight is 595 g/mol. The number of carboxylic acids is 1. The number of phenolic OH excluding ortho intramolecular Hbond substituents is 1. The minimum Gasteiger partial charge on any atom is -0.506 e. The third kappa shape index (κ3) is 7.30. The van der Waals surface area contributed by atoms with Gasteiger partial charge in [0.1, 0.15) is 11.4 Å². The van der Waals surface area contributed by atoms with E-state index in [0.29, 0.717) is 5.56 Å². The van der Waals surface area contributed by atoms with E-state index in [1.165, 1.54) is 30.3 Å². The second kappa shape index (κ2) is 12.0. The summed E-state index contributed by atoms with van der Waals surface area (Å²) in [5.74, 6) is -1.54. The molecular weight excluding hydrogens is 572 g/mol. The summed E-state index contributed by atoms with van der Waals surface area (Å²) < 4.78 is 51.5. The first-order chi connectivity index (χ1) is 19.4. The highest BCUT2D eigenvalue weighted by Gasteiger charge is 2.18. The molecule has 0 saturated carbocycles. The lowest BCUT2D eigenvalue weighted by atomic mass is 10.2. The molecule has 210 valence electrons. The number of carbonyl (C=O) groups is 1. The Balaban J connectivity index is 1.66. The quantitative estimate of drug-likeness (QED) is 0.0624. The molecule has 0 amide bonds. The van der Waals surface area contributed by atoms with Gasteiger partial charge in [-0.3, -0.25) is 10.1 Å². The van der Waals surface area contributed by atoms with Gasteiger partial charge in [0.2, 0.25) is 15.9 Å². The lowest BCUT2D eigenvalue weighted by Crippen LogP contribution is -2.15. The number of sulfonamides is 2. The van der Waals surface area contributed by atoms with Gasteiger partial charge >= 0.3 is 5.97 Å². The van der Waals surface area contributed by atoms with Gasteiger partial charge in [0.05, 0.1) is 26.7 Å². The number of benzene rings is 4. The third-order valence-electron chi connectivity index (χ3n) is 5.39. The molecule has 4 aromatic carbocycles. The highest BCUT2D eigenvalue weighted by Crippen LogP contribution is 2.28. The monoisotopic (exact) mass is 594 g/mol. The summed E-state index contributed by atoms with van der Waals surface area (Å²) in [4.78, 5) is 10.9. The number of phenols is 1. The van der Waals surface area contributed by atoms with Crippen molar-refractivity contribution < 1.29 is 31.8 Å². The zero-order chi connectivity index (χ0) is 29.6. The van der Waals surface area contributed by atoms with Crippen molar-refractivity contribution in [3.63, 3.8) is 0 Å². The first-order valence-electron chi connectivity index (χ1n) is 11.6. The molecule has 0 aliphatic heterocycles. The number of aromatic hydroxyl groups is 1. The number of nitrogens with one attached hydrogen (secondary N) is 2. The minimum absolute atomic E-state index is 0.00335. The van der Waals surface area contributed by atoms with E-state index in [1.54, 1.807) is 42.5 Å². The van der Waals surface area contributed by atoms with Gasteiger partial charge in [-0.15, -0.1) is 10.2 Å². The van der Waals surface area contributed by atoms with Gasteiger partial charge in [0.15, 0.2) is 0 Å². The number of aromatic carboxylic acids is 1. The average Bonchev–Trinajstić information content (AvgIpc) is 2.94. The summed E-state index contributed by atoms with van der Waals surface area (Å²) in [7, 11) is -8.31. The fraction of sp³-hybridized carbons (Fsp3) is 0. The zero-order valence-corrected chi connectivity index (χ0v) is 22.5. The number of azo groups is 1. The van der Waals surface area contributed by atoms with E-state index in [-0.39, 0.29) is 44.0 Å². The SMILES string of the molecule is NS(=O)(=O)c1cccc(NS(=O)(=O)c2ccc(O)c(N/N=C(/N=Nc3ccccc3C(=O)O)c3ccccc3)c2)c1. The van der Waals surface area contributed by atoms with E-state index in [2.05, 4.69) is 25.5 Å². The van der Waals surface area contributed by atoms with Crippen LogP contribution >= 0.6 is 0 Å². The molecule has 0 radical (unpaired) electrons. The molecule has 0 aromatic heterocycles. The maximum atomic E-state index is 13.0. The Morgan fingerprint density at radius 1 is 0.805 bits per heavy atom. The van der Waals surface area contributed by atoms with Crippen LogP contribution in [0.1, 0.15) is 15.9 Å². The summed E-state index contributed by atoms with van der Waals surface area (Å²) in [6.07, 6.45) is 0. The van der Waals surface area contributed by atoms with Crippen LogP contribution in [0, 0.1) is 0 Å². The van der Waals surface area contributed by atoms with Crippen LogP contribution in [-0.4, -0.2) is 38.9 Å². The van der Waals surface area contributed by atoms with Crippen LogP contribution in [0.5, 0.6) is 5.75 Å². The van der Waals surface area contributed by atoms with Crippen LogP contribution < -0.4 is 15.3 Å². The van der Waals surface area contributed by atoms with Gasteiger partial charge in [-0.1, -0.05) is 48.5 Å². The van der Waals surface area contributed by atoms with Crippen LogP contribution in [0.4, 0.5) is 17.1 Å². The van der Waals surface area contributed by atoms with E-state index in [9.17, 15) is 31.8 Å². The molecule has 0 bridgehead atoms. The molecule has 4 rings (SSSR count). The van der Waals surface area contributed by atoms with Crippen molar-refractivity contribution in [2.75, 3.05) is 10.1 Å². The van der Waals surface area contributed by atoms with Gasteiger partial charge in [-0.25, -0.2) is 26.8 Å². The topological polar surface area (TPSA) is 213 Å². The van der Waals surface area contributed by atoms with Crippen LogP contribution in [0.25, 0.3) is 0 Å². The van der Waals surface area contributed by atoms with E-state index in [0.717, 1.165) is 24.3 Å². The number of hydrogen-bond donors (Lipinski definition) is 5. The number of anilines is 2. The van der Waals surface area contributed by atoms with Crippen molar-refractivity contribution in [1.82, 2.24) is 0 Å². The zero-order valence-electron chi connectivity index (χ0n) is 20.9. The predicted molar refractivity (Wildman–Crippen MR) is 151 cm³/mol. The molecule has 0 spiro atoms. The normalized spacial score (nSPS) is 12.3. The number of hydrogen-bond acceptors (Lipinski definition) is 9. The van der Waals surface area contributed by atoms with Crippen LogP contribution in [0.3, 0.4) is 0 Å². The number of hydrazone groups is 1. The second-order valence-electron chi connectivity index (χ2n) is 8.29. The molecule has 15 heteroatoms. The summed E-state index contributed by atoms with van der Waals surface area (Å²) in [6, 6.07) is 22.8. The highest BCUT2D eigenvalue weighted by atomic mass is 32.2. The van der Waals surface area contributed by atoms with Crippen molar-refractivity contribution in [2.24, 2.45) is 20.5 Å². The number of nitrogens with zero attached hydrogens (tertiary/aromatic N) is 3. The molecule has 0 aliphatic carbocycles. The van der Waals surface area contributed by atoms with Crippen LogP contribution in [0.15, 0.2) is 122 Å². The molecule has 6 N–H and O–H groups in total. The molecule has 0 aliphatic rings. The van der Waals surface area contributed by atoms with Crippen molar-refractivity contribution in [2.45, 2.75) is 9.79 Å². The third-order valence-corrected chi connectivity index (χ3v) is 7.68.